The third-order valence-corrected chi connectivity index (χ3v) is 5.75. The van der Waals surface area contributed by atoms with Gasteiger partial charge in [-0.05, 0) is 48.4 Å². The number of hydrogen-bond donors (Lipinski definition) is 0. The Morgan fingerprint density at radius 3 is 2.66 bits per heavy atom. The number of hydrogen-bond acceptors (Lipinski definition) is 2. The highest BCUT2D eigenvalue weighted by Crippen LogP contribution is 2.19. The Bertz CT molecular complexity index is 910. The molecule has 3 aromatic rings. The molecule has 0 atom stereocenters. The van der Waals surface area contributed by atoms with Gasteiger partial charge in [0.15, 0.2) is 0 Å². The van der Waals surface area contributed by atoms with Crippen LogP contribution in [0.1, 0.15) is 31.0 Å². The monoisotopic (exact) mass is 410 g/mol. The molecule has 3 nitrogen and oxygen atoms in total. The first-order valence-corrected chi connectivity index (χ1v) is 11.0. The molecule has 1 amide bonds. The van der Waals surface area contributed by atoms with Crippen LogP contribution >= 0.6 is 11.8 Å². The zero-order valence-corrected chi connectivity index (χ0v) is 17.6. The molecule has 152 valence electrons. The Labute approximate surface area is 176 Å². The predicted molar refractivity (Wildman–Crippen MR) is 117 cm³/mol. The third-order valence-electron chi connectivity index (χ3n) is 4.76. The maximum atomic E-state index is 13.5. The van der Waals surface area contributed by atoms with Crippen LogP contribution in [-0.2, 0) is 17.9 Å². The number of carbonyl (C=O) groups is 1. The summed E-state index contributed by atoms with van der Waals surface area (Å²) in [5.74, 6) is 0.345. The number of nitrogens with zero attached hydrogens (tertiary/aromatic N) is 2. The molecule has 1 aromatic heterocycles. The van der Waals surface area contributed by atoms with E-state index in [0.29, 0.717) is 18.8 Å². The van der Waals surface area contributed by atoms with Gasteiger partial charge in [0.1, 0.15) is 5.82 Å². The molecule has 1 heterocycles. The first-order valence-electron chi connectivity index (χ1n) is 10.00. The summed E-state index contributed by atoms with van der Waals surface area (Å²) in [4.78, 5) is 16.0. The lowest BCUT2D eigenvalue weighted by Gasteiger charge is -2.23. The molecule has 0 aliphatic carbocycles. The van der Waals surface area contributed by atoms with Crippen molar-refractivity contribution < 1.29 is 9.18 Å². The Kier molecular flexibility index (Phi) is 7.94. The van der Waals surface area contributed by atoms with Gasteiger partial charge in [0, 0.05) is 29.9 Å². The molecule has 0 unspecified atom stereocenters. The van der Waals surface area contributed by atoms with Crippen molar-refractivity contribution in [3.05, 3.63) is 90.0 Å². The number of halogens is 1. The summed E-state index contributed by atoms with van der Waals surface area (Å²) < 4.78 is 15.6. The van der Waals surface area contributed by atoms with E-state index in [2.05, 4.69) is 11.5 Å². The van der Waals surface area contributed by atoms with E-state index in [4.69, 9.17) is 0 Å². The van der Waals surface area contributed by atoms with Crippen LogP contribution in [0.4, 0.5) is 4.39 Å². The van der Waals surface area contributed by atoms with Gasteiger partial charge in [-0.3, -0.25) is 4.79 Å². The van der Waals surface area contributed by atoms with Crippen LogP contribution in [0.5, 0.6) is 0 Å². The van der Waals surface area contributed by atoms with Crippen LogP contribution in [0.3, 0.4) is 0 Å². The molecule has 0 saturated carbocycles. The number of benzene rings is 2. The molecule has 0 saturated heterocycles. The zero-order valence-electron chi connectivity index (χ0n) is 16.8. The highest BCUT2D eigenvalue weighted by Gasteiger charge is 2.16. The Morgan fingerprint density at radius 1 is 1.07 bits per heavy atom. The molecule has 0 aliphatic rings. The summed E-state index contributed by atoms with van der Waals surface area (Å²) in [6.07, 6.45) is 4.01. The van der Waals surface area contributed by atoms with E-state index in [9.17, 15) is 9.18 Å². The Hall–Kier alpha value is -2.53. The predicted octanol–water partition coefficient (Wildman–Crippen LogP) is 5.60. The van der Waals surface area contributed by atoms with Gasteiger partial charge < -0.3 is 9.47 Å². The summed E-state index contributed by atoms with van der Waals surface area (Å²) >= 11 is 1.57. The lowest BCUT2D eigenvalue weighted by molar-refractivity contribution is -0.129. The number of aromatic nitrogens is 1. The van der Waals surface area contributed by atoms with Gasteiger partial charge in [0.2, 0.25) is 5.91 Å². The van der Waals surface area contributed by atoms with Gasteiger partial charge in [-0.2, -0.15) is 0 Å². The minimum absolute atomic E-state index is 0.144. The van der Waals surface area contributed by atoms with Crippen LogP contribution in [0.2, 0.25) is 0 Å². The fourth-order valence-corrected chi connectivity index (χ4v) is 3.99. The molecule has 0 radical (unpaired) electrons. The molecular weight excluding hydrogens is 383 g/mol. The maximum Gasteiger partial charge on any atom is 0.233 e. The fraction of sp³-hybridized carbons (Fsp3) is 0.292. The lowest BCUT2D eigenvalue weighted by Crippen LogP contribution is -2.33. The zero-order chi connectivity index (χ0) is 20.5. The minimum atomic E-state index is -0.228. The van der Waals surface area contributed by atoms with Crippen molar-refractivity contribution in [1.29, 1.82) is 0 Å². The quantitative estimate of drug-likeness (QED) is 0.407. The summed E-state index contributed by atoms with van der Waals surface area (Å²) in [5, 5.41) is 0. The van der Waals surface area contributed by atoms with Crippen molar-refractivity contribution in [2.45, 2.75) is 37.8 Å². The SMILES string of the molecule is CCCCN(Cc1cccn1Cc1cccc(F)c1)C(=O)CSc1ccccc1. The topological polar surface area (TPSA) is 25.2 Å². The standard InChI is InChI=1S/C24H27FN2OS/c1-2-3-14-27(24(28)19-29-23-12-5-4-6-13-23)18-22-11-8-15-26(22)17-20-9-7-10-21(25)16-20/h4-13,15-16H,2-3,14,17-19H2,1H3. The number of unbranched alkanes of at least 4 members (excludes halogenated alkanes) is 1. The van der Waals surface area contributed by atoms with Crippen molar-refractivity contribution in [3.8, 4) is 0 Å². The van der Waals surface area contributed by atoms with Crippen LogP contribution in [0, 0.1) is 5.82 Å². The first-order chi connectivity index (χ1) is 14.2. The molecule has 0 spiro atoms. The van der Waals surface area contributed by atoms with Crippen molar-refractivity contribution in [2.75, 3.05) is 12.3 Å². The van der Waals surface area contributed by atoms with Gasteiger partial charge in [0.05, 0.1) is 12.3 Å². The Morgan fingerprint density at radius 2 is 1.90 bits per heavy atom. The van der Waals surface area contributed by atoms with Crippen LogP contribution in [-0.4, -0.2) is 27.7 Å². The van der Waals surface area contributed by atoms with E-state index in [-0.39, 0.29) is 11.7 Å². The summed E-state index contributed by atoms with van der Waals surface area (Å²) in [7, 11) is 0. The first kappa shape index (κ1) is 21.2. The van der Waals surface area contributed by atoms with Crippen molar-refractivity contribution >= 4 is 17.7 Å². The second-order valence-corrected chi connectivity index (χ2v) is 8.08. The normalized spacial score (nSPS) is 10.8. The molecule has 29 heavy (non-hydrogen) atoms. The van der Waals surface area contributed by atoms with E-state index >= 15 is 0 Å². The molecular formula is C24H27FN2OS. The van der Waals surface area contributed by atoms with Crippen molar-refractivity contribution in [2.24, 2.45) is 0 Å². The highest BCUT2D eigenvalue weighted by atomic mass is 32.2. The van der Waals surface area contributed by atoms with E-state index < -0.39 is 0 Å². The number of carbonyl (C=O) groups excluding carboxylic acids is 1. The average Bonchev–Trinajstić information content (AvgIpc) is 3.16. The van der Waals surface area contributed by atoms with E-state index in [0.717, 1.165) is 35.5 Å². The fourth-order valence-electron chi connectivity index (χ4n) is 3.17. The molecule has 2 aromatic carbocycles. The largest absolute Gasteiger partial charge is 0.345 e. The van der Waals surface area contributed by atoms with E-state index in [1.807, 2.05) is 59.6 Å². The van der Waals surface area contributed by atoms with Gasteiger partial charge in [-0.15, -0.1) is 11.8 Å². The second kappa shape index (κ2) is 10.9. The highest BCUT2D eigenvalue weighted by molar-refractivity contribution is 8.00. The summed E-state index contributed by atoms with van der Waals surface area (Å²) in [6, 6.07) is 20.7. The van der Waals surface area contributed by atoms with Crippen LogP contribution in [0.15, 0.2) is 77.8 Å². The van der Waals surface area contributed by atoms with Gasteiger partial charge in [-0.25, -0.2) is 4.39 Å². The molecule has 0 bridgehead atoms. The van der Waals surface area contributed by atoms with Crippen LogP contribution < -0.4 is 0 Å². The molecule has 3 rings (SSSR count). The second-order valence-electron chi connectivity index (χ2n) is 7.03. The number of rotatable bonds is 10. The van der Waals surface area contributed by atoms with Gasteiger partial charge in [0.25, 0.3) is 0 Å². The number of amides is 1. The van der Waals surface area contributed by atoms with Crippen molar-refractivity contribution in [1.82, 2.24) is 9.47 Å². The summed E-state index contributed by atoms with van der Waals surface area (Å²) in [5.41, 5.74) is 1.97. The molecule has 5 heteroatoms. The molecule has 0 N–H and O–H groups in total. The van der Waals surface area contributed by atoms with Crippen molar-refractivity contribution in [3.63, 3.8) is 0 Å². The number of thioether (sulfide) groups is 1. The third kappa shape index (κ3) is 6.50. The van der Waals surface area contributed by atoms with Crippen LogP contribution in [0.25, 0.3) is 0 Å². The smallest absolute Gasteiger partial charge is 0.233 e. The minimum Gasteiger partial charge on any atom is -0.345 e. The summed E-state index contributed by atoms with van der Waals surface area (Å²) in [6.45, 7) is 4.04. The van der Waals surface area contributed by atoms with E-state index in [1.165, 1.54) is 6.07 Å². The van der Waals surface area contributed by atoms with E-state index in [1.54, 1.807) is 23.9 Å². The maximum absolute atomic E-state index is 13.5. The Balaban J connectivity index is 1.66. The van der Waals surface area contributed by atoms with Gasteiger partial charge in [-0.1, -0.05) is 43.7 Å². The lowest BCUT2D eigenvalue weighted by atomic mass is 10.2. The average molecular weight is 411 g/mol. The molecule has 0 aliphatic heterocycles. The molecule has 0 fully saturated rings. The van der Waals surface area contributed by atoms with Gasteiger partial charge >= 0.3 is 0 Å².